The second kappa shape index (κ2) is 9.58. The van der Waals surface area contributed by atoms with Crippen molar-refractivity contribution in [1.29, 1.82) is 0 Å². The third-order valence-corrected chi connectivity index (χ3v) is 6.25. The number of aliphatic hydroxyl groups is 1. The van der Waals surface area contributed by atoms with Crippen LogP contribution in [-0.4, -0.2) is 64.9 Å². The fourth-order valence-electron chi connectivity index (χ4n) is 4.35. The minimum Gasteiger partial charge on any atom is -0.480 e. The standard InChI is InChI=1S/C26H26N8O3/c1-16-11-21(37-10-9-35)34(32-16)20-7-3-17(4-8-20)14-33-25-19(13-30-33)12-27-24(31-25)22-23(18-5-6-18)28-15-29-26(22)36-2/h3-4,7-8,11-13,15,18,35H,5-6,9-10,14H2,1-2H3. The van der Waals surface area contributed by atoms with E-state index in [0.717, 1.165) is 52.1 Å². The van der Waals surface area contributed by atoms with Gasteiger partial charge in [0.25, 0.3) is 0 Å². The van der Waals surface area contributed by atoms with E-state index in [4.69, 9.17) is 19.6 Å². The highest BCUT2D eigenvalue weighted by atomic mass is 16.5. The molecule has 11 nitrogen and oxygen atoms in total. The summed E-state index contributed by atoms with van der Waals surface area (Å²) in [5.74, 6) is 2.00. The Bertz CT molecular complexity index is 1560. The lowest BCUT2D eigenvalue weighted by Crippen LogP contribution is -2.07. The minimum atomic E-state index is -0.0573. The molecule has 0 bridgehead atoms. The molecule has 4 aromatic heterocycles. The van der Waals surface area contributed by atoms with Gasteiger partial charge in [-0.2, -0.15) is 10.2 Å². The molecule has 1 fully saturated rings. The molecule has 6 rings (SSSR count). The second-order valence-electron chi connectivity index (χ2n) is 8.97. The van der Waals surface area contributed by atoms with Crippen molar-refractivity contribution in [3.05, 3.63) is 66.0 Å². The average molecular weight is 499 g/mol. The predicted molar refractivity (Wildman–Crippen MR) is 135 cm³/mol. The van der Waals surface area contributed by atoms with E-state index in [9.17, 15) is 0 Å². The first kappa shape index (κ1) is 23.0. The fourth-order valence-corrected chi connectivity index (χ4v) is 4.35. The van der Waals surface area contributed by atoms with Gasteiger partial charge >= 0.3 is 0 Å². The quantitative estimate of drug-likeness (QED) is 0.326. The van der Waals surface area contributed by atoms with Gasteiger partial charge < -0.3 is 14.6 Å². The summed E-state index contributed by atoms with van der Waals surface area (Å²) < 4.78 is 14.7. The predicted octanol–water partition coefficient (Wildman–Crippen LogP) is 3.08. The molecule has 1 aliphatic carbocycles. The van der Waals surface area contributed by atoms with Crippen LogP contribution in [0.4, 0.5) is 0 Å². The van der Waals surface area contributed by atoms with Crippen LogP contribution in [0.15, 0.2) is 49.1 Å². The fraction of sp³-hybridized carbons (Fsp3) is 0.308. The largest absolute Gasteiger partial charge is 0.480 e. The van der Waals surface area contributed by atoms with E-state index < -0.39 is 0 Å². The summed E-state index contributed by atoms with van der Waals surface area (Å²) in [4.78, 5) is 18.3. The zero-order valence-electron chi connectivity index (χ0n) is 20.6. The molecule has 1 saturated carbocycles. The van der Waals surface area contributed by atoms with Gasteiger partial charge in [0.15, 0.2) is 11.5 Å². The number of methoxy groups -OCH3 is 1. The van der Waals surface area contributed by atoms with Crippen molar-refractivity contribution in [1.82, 2.24) is 39.5 Å². The molecule has 0 amide bonds. The Morgan fingerprint density at radius 3 is 2.68 bits per heavy atom. The molecule has 0 atom stereocenters. The van der Waals surface area contributed by atoms with Gasteiger partial charge in [-0.05, 0) is 37.5 Å². The number of aromatic nitrogens is 8. The van der Waals surface area contributed by atoms with Crippen LogP contribution < -0.4 is 9.47 Å². The van der Waals surface area contributed by atoms with Gasteiger partial charge in [-0.1, -0.05) is 12.1 Å². The van der Waals surface area contributed by atoms with Crippen molar-refractivity contribution in [3.8, 4) is 28.8 Å². The lowest BCUT2D eigenvalue weighted by Gasteiger charge is -2.11. The molecule has 0 saturated heterocycles. The summed E-state index contributed by atoms with van der Waals surface area (Å²) in [5, 5.41) is 19.0. The van der Waals surface area contributed by atoms with Crippen molar-refractivity contribution >= 4 is 11.0 Å². The minimum absolute atomic E-state index is 0.0573. The molecule has 0 aliphatic heterocycles. The van der Waals surface area contributed by atoms with Crippen LogP contribution in [0.1, 0.15) is 35.7 Å². The zero-order chi connectivity index (χ0) is 25.4. The first-order chi connectivity index (χ1) is 18.1. The molecular formula is C26H26N8O3. The molecule has 188 valence electrons. The zero-order valence-corrected chi connectivity index (χ0v) is 20.6. The maximum Gasteiger partial charge on any atom is 0.227 e. The number of hydrogen-bond donors (Lipinski definition) is 1. The smallest absolute Gasteiger partial charge is 0.227 e. The van der Waals surface area contributed by atoms with Crippen molar-refractivity contribution in [3.63, 3.8) is 0 Å². The third kappa shape index (κ3) is 4.49. The lowest BCUT2D eigenvalue weighted by molar-refractivity contribution is 0.193. The Hall–Kier alpha value is -4.38. The van der Waals surface area contributed by atoms with E-state index in [1.54, 1.807) is 24.2 Å². The highest BCUT2D eigenvalue weighted by molar-refractivity contribution is 5.77. The van der Waals surface area contributed by atoms with Gasteiger partial charge in [-0.3, -0.25) is 0 Å². The van der Waals surface area contributed by atoms with Crippen LogP contribution in [0.5, 0.6) is 11.8 Å². The molecule has 11 heteroatoms. The molecule has 0 radical (unpaired) electrons. The van der Waals surface area contributed by atoms with E-state index in [2.05, 4.69) is 25.1 Å². The van der Waals surface area contributed by atoms with Crippen LogP contribution in [0, 0.1) is 6.92 Å². The maximum atomic E-state index is 9.09. The maximum absolute atomic E-state index is 9.09. The summed E-state index contributed by atoms with van der Waals surface area (Å²) in [7, 11) is 1.60. The van der Waals surface area contributed by atoms with Gasteiger partial charge in [0, 0.05) is 18.2 Å². The van der Waals surface area contributed by atoms with Gasteiger partial charge in [0.05, 0.1) is 48.9 Å². The molecule has 37 heavy (non-hydrogen) atoms. The first-order valence-corrected chi connectivity index (χ1v) is 12.1. The Morgan fingerprint density at radius 1 is 1.08 bits per heavy atom. The normalized spacial score (nSPS) is 13.3. The average Bonchev–Trinajstić information content (AvgIpc) is 3.61. The SMILES string of the molecule is COc1ncnc(C2CC2)c1-c1ncc2cnn(Cc3ccc(-n4nc(C)cc4OCCO)cc3)c2n1. The highest BCUT2D eigenvalue weighted by Crippen LogP contribution is 2.44. The molecule has 5 aromatic rings. The highest BCUT2D eigenvalue weighted by Gasteiger charge is 2.31. The number of aryl methyl sites for hydroxylation is 1. The third-order valence-electron chi connectivity index (χ3n) is 6.25. The van der Waals surface area contributed by atoms with Crippen LogP contribution in [0.2, 0.25) is 0 Å². The van der Waals surface area contributed by atoms with E-state index in [0.29, 0.717) is 30.0 Å². The van der Waals surface area contributed by atoms with Crippen LogP contribution in [0.25, 0.3) is 28.1 Å². The molecule has 0 unspecified atom stereocenters. The van der Waals surface area contributed by atoms with Gasteiger partial charge in [0.2, 0.25) is 11.8 Å². The summed E-state index contributed by atoms with van der Waals surface area (Å²) in [6.07, 6.45) is 7.27. The van der Waals surface area contributed by atoms with Crippen molar-refractivity contribution in [2.45, 2.75) is 32.2 Å². The van der Waals surface area contributed by atoms with Gasteiger partial charge in [-0.15, -0.1) is 0 Å². The summed E-state index contributed by atoms with van der Waals surface area (Å²) in [5.41, 5.74) is 5.16. The number of nitrogens with zero attached hydrogens (tertiary/aromatic N) is 8. The number of hydrogen-bond acceptors (Lipinski definition) is 9. The Balaban J connectivity index is 1.30. The Kier molecular flexibility index (Phi) is 5.97. The number of benzene rings is 1. The van der Waals surface area contributed by atoms with E-state index in [-0.39, 0.29) is 13.2 Å². The van der Waals surface area contributed by atoms with Crippen molar-refractivity contribution in [2.75, 3.05) is 20.3 Å². The number of ether oxygens (including phenoxy) is 2. The van der Waals surface area contributed by atoms with Crippen LogP contribution in [-0.2, 0) is 6.54 Å². The number of rotatable bonds is 9. The van der Waals surface area contributed by atoms with Crippen LogP contribution >= 0.6 is 0 Å². The van der Waals surface area contributed by atoms with E-state index in [1.165, 1.54) is 6.33 Å². The molecule has 1 N–H and O–H groups in total. The number of aliphatic hydroxyl groups excluding tert-OH is 1. The summed E-state index contributed by atoms with van der Waals surface area (Å²) in [6, 6.07) is 9.85. The Labute approximate surface area is 212 Å². The monoisotopic (exact) mass is 498 g/mol. The van der Waals surface area contributed by atoms with Gasteiger partial charge in [0.1, 0.15) is 18.5 Å². The molecule has 1 aliphatic rings. The van der Waals surface area contributed by atoms with E-state index in [1.807, 2.05) is 41.9 Å². The molecule has 1 aromatic carbocycles. The van der Waals surface area contributed by atoms with Gasteiger partial charge in [-0.25, -0.2) is 29.3 Å². The van der Waals surface area contributed by atoms with E-state index >= 15 is 0 Å². The molecule has 0 spiro atoms. The lowest BCUT2D eigenvalue weighted by atomic mass is 10.1. The first-order valence-electron chi connectivity index (χ1n) is 12.1. The second-order valence-corrected chi connectivity index (χ2v) is 8.97. The Morgan fingerprint density at radius 2 is 1.92 bits per heavy atom. The summed E-state index contributed by atoms with van der Waals surface area (Å²) in [6.45, 7) is 2.59. The number of fused-ring (bicyclic) bond motifs is 1. The molecular weight excluding hydrogens is 472 g/mol. The van der Waals surface area contributed by atoms with Crippen molar-refractivity contribution < 1.29 is 14.6 Å². The summed E-state index contributed by atoms with van der Waals surface area (Å²) >= 11 is 0. The topological polar surface area (TPSA) is 126 Å². The molecule has 4 heterocycles. The van der Waals surface area contributed by atoms with Crippen LogP contribution in [0.3, 0.4) is 0 Å². The van der Waals surface area contributed by atoms with Crippen molar-refractivity contribution in [2.24, 2.45) is 0 Å².